The number of aromatic nitrogens is 2. The first-order valence-corrected chi connectivity index (χ1v) is 8.01. The van der Waals surface area contributed by atoms with Gasteiger partial charge in [-0.25, -0.2) is 9.78 Å². The molecular formula is C15H16Cl2N4O2. The number of hydrogen-bond acceptors (Lipinski definition) is 4. The molecule has 0 saturated carbocycles. The Kier molecular flexibility index (Phi) is 5.05. The Bertz CT molecular complexity index is 650. The van der Waals surface area contributed by atoms with Crippen molar-refractivity contribution in [1.29, 1.82) is 0 Å². The van der Waals surface area contributed by atoms with Crippen molar-refractivity contribution >= 4 is 29.3 Å². The van der Waals surface area contributed by atoms with Gasteiger partial charge in [-0.05, 0) is 17.2 Å². The Morgan fingerprint density at radius 2 is 1.83 bits per heavy atom. The van der Waals surface area contributed by atoms with Crippen molar-refractivity contribution in [2.45, 2.75) is 6.54 Å². The van der Waals surface area contributed by atoms with Crippen LogP contribution < -0.4 is 4.84 Å². The molecule has 1 aromatic carbocycles. The minimum Gasteiger partial charge on any atom is -0.313 e. The molecule has 122 valence electrons. The number of carbonyl (C=O) groups is 1. The zero-order valence-electron chi connectivity index (χ0n) is 12.4. The smallest absolute Gasteiger partial charge is 0.313 e. The molecule has 23 heavy (non-hydrogen) atoms. The Hall–Kier alpha value is -1.76. The lowest BCUT2D eigenvalue weighted by atomic mass is 10.2. The van der Waals surface area contributed by atoms with Crippen LogP contribution in [0.25, 0.3) is 0 Å². The maximum atomic E-state index is 12.2. The third-order valence-electron chi connectivity index (χ3n) is 3.69. The van der Waals surface area contributed by atoms with Crippen LogP contribution in [-0.4, -0.2) is 51.8 Å². The van der Waals surface area contributed by atoms with Crippen LogP contribution in [0.4, 0.5) is 4.79 Å². The van der Waals surface area contributed by atoms with Crippen LogP contribution in [0.3, 0.4) is 0 Å². The predicted molar refractivity (Wildman–Crippen MR) is 87.5 cm³/mol. The molecule has 6 nitrogen and oxygen atoms in total. The van der Waals surface area contributed by atoms with Crippen molar-refractivity contribution in [3.8, 4) is 0 Å². The van der Waals surface area contributed by atoms with Gasteiger partial charge in [0.15, 0.2) is 5.15 Å². The summed E-state index contributed by atoms with van der Waals surface area (Å²) in [5, 5.41) is 0.178. The largest absolute Gasteiger partial charge is 0.434 e. The molecule has 8 heteroatoms. The molecule has 0 spiro atoms. The summed E-state index contributed by atoms with van der Waals surface area (Å²) in [6.45, 7) is 3.64. The lowest BCUT2D eigenvalue weighted by Crippen LogP contribution is -2.50. The summed E-state index contributed by atoms with van der Waals surface area (Å²) in [6.07, 6.45) is 0.848. The summed E-state index contributed by atoms with van der Waals surface area (Å²) >= 11 is 11.7. The Balaban J connectivity index is 1.51. The van der Waals surface area contributed by atoms with Crippen LogP contribution >= 0.6 is 23.2 Å². The van der Waals surface area contributed by atoms with E-state index < -0.39 is 6.09 Å². The summed E-state index contributed by atoms with van der Waals surface area (Å²) < 4.78 is 1.02. The average molecular weight is 355 g/mol. The quantitative estimate of drug-likeness (QED) is 0.849. The molecule has 1 aromatic heterocycles. The van der Waals surface area contributed by atoms with Gasteiger partial charge in [-0.2, -0.15) is 0 Å². The Labute approximate surface area is 144 Å². The first kappa shape index (κ1) is 16.1. The molecule has 1 aliphatic heterocycles. The first-order valence-electron chi connectivity index (χ1n) is 7.26. The minimum absolute atomic E-state index is 0.0195. The van der Waals surface area contributed by atoms with E-state index in [1.54, 1.807) is 4.90 Å². The number of halogens is 2. The summed E-state index contributed by atoms with van der Waals surface area (Å²) in [7, 11) is 0. The van der Waals surface area contributed by atoms with Gasteiger partial charge in [-0.15, -0.1) is 4.73 Å². The third kappa shape index (κ3) is 3.96. The molecule has 2 heterocycles. The normalized spacial score (nSPS) is 15.7. The van der Waals surface area contributed by atoms with E-state index in [0.29, 0.717) is 13.1 Å². The van der Waals surface area contributed by atoms with Crippen molar-refractivity contribution in [2.24, 2.45) is 0 Å². The predicted octanol–water partition coefficient (Wildman–Crippen LogP) is 2.56. The molecule has 1 fully saturated rings. The number of piperazine rings is 1. The molecule has 1 saturated heterocycles. The number of imidazole rings is 1. The highest BCUT2D eigenvalue weighted by atomic mass is 35.5. The maximum Gasteiger partial charge on any atom is 0.434 e. The van der Waals surface area contributed by atoms with Gasteiger partial charge in [-0.1, -0.05) is 41.9 Å². The van der Waals surface area contributed by atoms with Crippen molar-refractivity contribution < 1.29 is 9.63 Å². The van der Waals surface area contributed by atoms with Crippen molar-refractivity contribution in [3.05, 3.63) is 52.5 Å². The fourth-order valence-corrected chi connectivity index (χ4v) is 2.83. The second-order valence-corrected chi connectivity index (χ2v) is 5.98. The van der Waals surface area contributed by atoms with E-state index in [-0.39, 0.29) is 10.4 Å². The molecule has 0 aliphatic carbocycles. The van der Waals surface area contributed by atoms with Gasteiger partial charge in [0.2, 0.25) is 5.28 Å². The van der Waals surface area contributed by atoms with Crippen molar-refractivity contribution in [2.75, 3.05) is 26.2 Å². The second kappa shape index (κ2) is 7.21. The van der Waals surface area contributed by atoms with E-state index in [1.165, 1.54) is 11.8 Å². The third-order valence-corrected chi connectivity index (χ3v) is 4.19. The van der Waals surface area contributed by atoms with Gasteiger partial charge >= 0.3 is 6.09 Å². The number of hydrogen-bond donors (Lipinski definition) is 0. The molecule has 1 amide bonds. The average Bonchev–Trinajstić information content (AvgIpc) is 2.88. The van der Waals surface area contributed by atoms with Gasteiger partial charge in [-0.3, -0.25) is 4.90 Å². The lowest BCUT2D eigenvalue weighted by Gasteiger charge is -2.33. The van der Waals surface area contributed by atoms with E-state index in [1.807, 2.05) is 18.2 Å². The van der Waals surface area contributed by atoms with Gasteiger partial charge in [0.05, 0.1) is 6.20 Å². The van der Waals surface area contributed by atoms with Crippen LogP contribution in [0.2, 0.25) is 10.4 Å². The van der Waals surface area contributed by atoms with Gasteiger partial charge in [0.1, 0.15) is 0 Å². The fourth-order valence-electron chi connectivity index (χ4n) is 2.45. The van der Waals surface area contributed by atoms with E-state index >= 15 is 0 Å². The van der Waals surface area contributed by atoms with Gasteiger partial charge in [0.25, 0.3) is 0 Å². The van der Waals surface area contributed by atoms with Gasteiger partial charge in [0, 0.05) is 32.7 Å². The maximum absolute atomic E-state index is 12.2. The van der Waals surface area contributed by atoms with Crippen LogP contribution in [0.15, 0.2) is 36.5 Å². The van der Waals surface area contributed by atoms with Gasteiger partial charge < -0.3 is 9.74 Å². The highest BCUT2D eigenvalue weighted by Gasteiger charge is 2.24. The summed E-state index contributed by atoms with van der Waals surface area (Å²) in [5.74, 6) is 0. The van der Waals surface area contributed by atoms with E-state index in [0.717, 1.165) is 24.4 Å². The molecule has 0 N–H and O–H groups in total. The zero-order valence-corrected chi connectivity index (χ0v) is 13.9. The molecule has 0 bridgehead atoms. The lowest BCUT2D eigenvalue weighted by molar-refractivity contribution is 0.0680. The molecule has 0 unspecified atom stereocenters. The zero-order chi connectivity index (χ0) is 16.2. The highest BCUT2D eigenvalue weighted by Crippen LogP contribution is 2.15. The van der Waals surface area contributed by atoms with E-state index in [2.05, 4.69) is 22.0 Å². The number of rotatable bonds is 3. The van der Waals surface area contributed by atoms with Crippen LogP contribution in [0.1, 0.15) is 5.56 Å². The minimum atomic E-state index is -0.480. The summed E-state index contributed by atoms with van der Waals surface area (Å²) in [6, 6.07) is 10.3. The number of carbonyl (C=O) groups excluding carboxylic acids is 1. The van der Waals surface area contributed by atoms with Crippen molar-refractivity contribution in [3.63, 3.8) is 0 Å². The number of amides is 1. The SMILES string of the molecule is O=C(On1c(Cl)cnc1Cl)N1CCN(Cc2ccccc2)CC1. The monoisotopic (exact) mass is 354 g/mol. The van der Waals surface area contributed by atoms with E-state index in [9.17, 15) is 4.79 Å². The number of nitrogens with zero attached hydrogens (tertiary/aromatic N) is 4. The second-order valence-electron chi connectivity index (χ2n) is 5.25. The topological polar surface area (TPSA) is 50.6 Å². The molecule has 0 radical (unpaired) electrons. The number of benzene rings is 1. The highest BCUT2D eigenvalue weighted by molar-refractivity contribution is 6.32. The van der Waals surface area contributed by atoms with Crippen LogP contribution in [-0.2, 0) is 6.54 Å². The molecular weight excluding hydrogens is 339 g/mol. The van der Waals surface area contributed by atoms with E-state index in [4.69, 9.17) is 28.0 Å². The van der Waals surface area contributed by atoms with Crippen LogP contribution in [0.5, 0.6) is 0 Å². The summed E-state index contributed by atoms with van der Waals surface area (Å²) in [5.41, 5.74) is 1.26. The van der Waals surface area contributed by atoms with Crippen molar-refractivity contribution in [1.82, 2.24) is 19.5 Å². The first-order chi connectivity index (χ1) is 11.1. The molecule has 3 rings (SSSR count). The standard InChI is InChI=1S/C15H16Cl2N4O2/c16-13-10-18-14(17)21(13)23-15(22)20-8-6-19(7-9-20)11-12-4-2-1-3-5-12/h1-5,10H,6-9,11H2. The fraction of sp³-hybridized carbons (Fsp3) is 0.333. The summed E-state index contributed by atoms with van der Waals surface area (Å²) in [4.78, 5) is 25.0. The Morgan fingerprint density at radius 1 is 1.13 bits per heavy atom. The molecule has 2 aromatic rings. The van der Waals surface area contributed by atoms with Crippen LogP contribution in [0, 0.1) is 0 Å². The molecule has 1 aliphatic rings. The molecule has 0 atom stereocenters. The Morgan fingerprint density at radius 3 is 2.43 bits per heavy atom.